The first-order valence-corrected chi connectivity index (χ1v) is 4.74. The summed E-state index contributed by atoms with van der Waals surface area (Å²) in [4.78, 5) is 4.04. The summed E-state index contributed by atoms with van der Waals surface area (Å²) in [5.41, 5.74) is 6.65. The first-order valence-electron chi connectivity index (χ1n) is 4.74. The zero-order valence-corrected chi connectivity index (χ0v) is 8.26. The summed E-state index contributed by atoms with van der Waals surface area (Å²) in [5, 5.41) is 0. The lowest BCUT2D eigenvalue weighted by Gasteiger charge is -2.05. The summed E-state index contributed by atoms with van der Waals surface area (Å²) < 4.78 is 5.48. The van der Waals surface area contributed by atoms with Crippen LogP contribution in [-0.4, -0.2) is 4.98 Å². The molecule has 2 N–H and O–H groups in total. The Bertz CT molecular complexity index is 429. The molecular formula is C12H12N2O. The second-order valence-corrected chi connectivity index (χ2v) is 3.17. The number of nitrogens with zero attached hydrogens (tertiary/aromatic N) is 1. The Hall–Kier alpha value is -2.03. The molecule has 0 atom stereocenters. The lowest BCUT2D eigenvalue weighted by Crippen LogP contribution is -1.98. The summed E-state index contributed by atoms with van der Waals surface area (Å²) in [5.74, 6) is 1.03. The van der Waals surface area contributed by atoms with E-state index < -0.39 is 0 Å². The van der Waals surface area contributed by atoms with E-state index in [1.54, 1.807) is 12.1 Å². The molecule has 0 amide bonds. The molecule has 1 aromatic carbocycles. The Labute approximate surface area is 88.5 Å². The number of nitrogens with two attached hydrogens (primary N) is 1. The van der Waals surface area contributed by atoms with Crippen LogP contribution in [0.3, 0.4) is 0 Å². The number of aromatic nitrogens is 1. The van der Waals surface area contributed by atoms with Gasteiger partial charge in [0.2, 0.25) is 5.88 Å². The molecular weight excluding hydrogens is 188 g/mol. The molecule has 15 heavy (non-hydrogen) atoms. The van der Waals surface area contributed by atoms with Gasteiger partial charge in [-0.2, -0.15) is 4.98 Å². The molecule has 0 spiro atoms. The van der Waals surface area contributed by atoms with Gasteiger partial charge in [0.25, 0.3) is 0 Å². The lowest BCUT2D eigenvalue weighted by atomic mass is 10.2. The van der Waals surface area contributed by atoms with E-state index in [0.717, 1.165) is 5.56 Å². The van der Waals surface area contributed by atoms with Gasteiger partial charge in [0.1, 0.15) is 12.4 Å². The van der Waals surface area contributed by atoms with Crippen LogP contribution in [0, 0.1) is 0 Å². The fourth-order valence-electron chi connectivity index (χ4n) is 1.24. The Morgan fingerprint density at radius 1 is 1.00 bits per heavy atom. The Morgan fingerprint density at radius 2 is 1.80 bits per heavy atom. The fraction of sp³-hybridized carbons (Fsp3) is 0.0833. The van der Waals surface area contributed by atoms with E-state index in [0.29, 0.717) is 18.3 Å². The van der Waals surface area contributed by atoms with Crippen LogP contribution in [-0.2, 0) is 6.61 Å². The third-order valence-electron chi connectivity index (χ3n) is 1.97. The largest absolute Gasteiger partial charge is 0.473 e. The molecule has 0 aliphatic carbocycles. The number of anilines is 1. The van der Waals surface area contributed by atoms with Crippen LogP contribution < -0.4 is 10.5 Å². The summed E-state index contributed by atoms with van der Waals surface area (Å²) in [6.07, 6.45) is 0. The molecule has 2 aromatic rings. The molecule has 3 nitrogen and oxygen atoms in total. The van der Waals surface area contributed by atoms with Crippen molar-refractivity contribution in [3.05, 3.63) is 54.1 Å². The number of hydrogen-bond acceptors (Lipinski definition) is 3. The maximum atomic E-state index is 5.54. The van der Waals surface area contributed by atoms with Gasteiger partial charge in [-0.05, 0) is 11.6 Å². The average molecular weight is 200 g/mol. The van der Waals surface area contributed by atoms with E-state index in [9.17, 15) is 0 Å². The number of nitrogen functional groups attached to an aromatic ring is 1. The highest BCUT2D eigenvalue weighted by Crippen LogP contribution is 2.10. The van der Waals surface area contributed by atoms with Crippen molar-refractivity contribution in [3.8, 4) is 5.88 Å². The maximum absolute atomic E-state index is 5.54. The van der Waals surface area contributed by atoms with Crippen molar-refractivity contribution >= 4 is 5.82 Å². The maximum Gasteiger partial charge on any atom is 0.215 e. The molecule has 0 saturated heterocycles. The normalized spacial score (nSPS) is 9.87. The van der Waals surface area contributed by atoms with Crippen LogP contribution in [0.1, 0.15) is 5.56 Å². The molecule has 0 unspecified atom stereocenters. The number of hydrogen-bond donors (Lipinski definition) is 1. The standard InChI is InChI=1S/C12H12N2O/c13-11-7-4-8-12(14-11)15-9-10-5-2-1-3-6-10/h1-8H,9H2,(H2,13,14). The van der Waals surface area contributed by atoms with Crippen molar-refractivity contribution in [2.24, 2.45) is 0 Å². The minimum Gasteiger partial charge on any atom is -0.473 e. The molecule has 0 bridgehead atoms. The van der Waals surface area contributed by atoms with Gasteiger partial charge in [0, 0.05) is 6.07 Å². The average Bonchev–Trinajstić information content (AvgIpc) is 2.28. The molecule has 0 saturated carbocycles. The predicted molar refractivity (Wildman–Crippen MR) is 59.4 cm³/mol. The lowest BCUT2D eigenvalue weighted by molar-refractivity contribution is 0.294. The quantitative estimate of drug-likeness (QED) is 0.826. The highest BCUT2D eigenvalue weighted by Gasteiger charge is 1.96. The number of pyridine rings is 1. The highest BCUT2D eigenvalue weighted by atomic mass is 16.5. The molecule has 3 heteroatoms. The summed E-state index contributed by atoms with van der Waals surface area (Å²) >= 11 is 0. The van der Waals surface area contributed by atoms with Crippen LogP contribution in [0.25, 0.3) is 0 Å². The second kappa shape index (κ2) is 4.46. The van der Waals surface area contributed by atoms with E-state index in [-0.39, 0.29) is 0 Å². The number of benzene rings is 1. The third-order valence-corrected chi connectivity index (χ3v) is 1.97. The van der Waals surface area contributed by atoms with Gasteiger partial charge in [-0.25, -0.2) is 0 Å². The monoisotopic (exact) mass is 200 g/mol. The van der Waals surface area contributed by atoms with Gasteiger partial charge in [-0.1, -0.05) is 36.4 Å². The molecule has 76 valence electrons. The minimum atomic E-state index is 0.473. The van der Waals surface area contributed by atoms with Crippen molar-refractivity contribution in [1.29, 1.82) is 0 Å². The number of ether oxygens (including phenoxy) is 1. The Balaban J connectivity index is 1.99. The Kier molecular flexibility index (Phi) is 2.83. The zero-order valence-electron chi connectivity index (χ0n) is 8.26. The predicted octanol–water partition coefficient (Wildman–Crippen LogP) is 2.24. The van der Waals surface area contributed by atoms with Crippen molar-refractivity contribution in [3.63, 3.8) is 0 Å². The Morgan fingerprint density at radius 3 is 2.53 bits per heavy atom. The minimum absolute atomic E-state index is 0.473. The SMILES string of the molecule is Nc1cccc(OCc2ccccc2)n1. The van der Waals surface area contributed by atoms with Crippen LogP contribution in [0.5, 0.6) is 5.88 Å². The molecule has 2 rings (SSSR count). The smallest absolute Gasteiger partial charge is 0.215 e. The van der Waals surface area contributed by atoms with Crippen LogP contribution in [0.15, 0.2) is 48.5 Å². The second-order valence-electron chi connectivity index (χ2n) is 3.17. The number of rotatable bonds is 3. The van der Waals surface area contributed by atoms with Crippen LogP contribution in [0.2, 0.25) is 0 Å². The van der Waals surface area contributed by atoms with E-state index in [1.807, 2.05) is 36.4 Å². The van der Waals surface area contributed by atoms with Crippen molar-refractivity contribution in [2.45, 2.75) is 6.61 Å². The van der Waals surface area contributed by atoms with Gasteiger partial charge in [0.15, 0.2) is 0 Å². The molecule has 1 aromatic heterocycles. The van der Waals surface area contributed by atoms with Crippen molar-refractivity contribution < 1.29 is 4.74 Å². The topological polar surface area (TPSA) is 48.1 Å². The van der Waals surface area contributed by atoms with Crippen molar-refractivity contribution in [1.82, 2.24) is 4.98 Å². The van der Waals surface area contributed by atoms with E-state index in [1.165, 1.54) is 0 Å². The van der Waals surface area contributed by atoms with Gasteiger partial charge in [0.05, 0.1) is 0 Å². The third kappa shape index (κ3) is 2.71. The van der Waals surface area contributed by atoms with Crippen molar-refractivity contribution in [2.75, 3.05) is 5.73 Å². The molecule has 0 aliphatic rings. The van der Waals surface area contributed by atoms with Gasteiger partial charge < -0.3 is 10.5 Å². The van der Waals surface area contributed by atoms with Gasteiger partial charge in [-0.3, -0.25) is 0 Å². The van der Waals surface area contributed by atoms with E-state index >= 15 is 0 Å². The summed E-state index contributed by atoms with van der Waals surface area (Å²) in [7, 11) is 0. The summed E-state index contributed by atoms with van der Waals surface area (Å²) in [6, 6.07) is 15.3. The first kappa shape index (κ1) is 9.52. The molecule has 0 fully saturated rings. The van der Waals surface area contributed by atoms with Gasteiger partial charge >= 0.3 is 0 Å². The summed E-state index contributed by atoms with van der Waals surface area (Å²) in [6.45, 7) is 0.511. The first-order chi connectivity index (χ1) is 7.34. The zero-order chi connectivity index (χ0) is 10.5. The van der Waals surface area contributed by atoms with E-state index in [4.69, 9.17) is 10.5 Å². The van der Waals surface area contributed by atoms with Crippen LogP contribution >= 0.6 is 0 Å². The van der Waals surface area contributed by atoms with E-state index in [2.05, 4.69) is 4.98 Å². The fourth-order valence-corrected chi connectivity index (χ4v) is 1.24. The van der Waals surface area contributed by atoms with Crippen LogP contribution in [0.4, 0.5) is 5.82 Å². The molecule has 0 aliphatic heterocycles. The molecule has 0 radical (unpaired) electrons. The molecule has 1 heterocycles. The van der Waals surface area contributed by atoms with Gasteiger partial charge in [-0.15, -0.1) is 0 Å². The highest BCUT2D eigenvalue weighted by molar-refractivity contribution is 5.31.